The largest absolute Gasteiger partial charge is 0.442 e. The minimum absolute atomic E-state index is 0.0591. The highest BCUT2D eigenvalue weighted by Crippen LogP contribution is 2.52. The fourth-order valence-corrected chi connectivity index (χ4v) is 3.65. The molecule has 0 bridgehead atoms. The van der Waals surface area contributed by atoms with Gasteiger partial charge < -0.3 is 4.74 Å². The quantitative estimate of drug-likeness (QED) is 0.847. The molecule has 0 amide bonds. The molecule has 2 heterocycles. The molecule has 1 aromatic rings. The lowest BCUT2D eigenvalue weighted by Crippen LogP contribution is -2.40. The van der Waals surface area contributed by atoms with Crippen molar-refractivity contribution in [3.63, 3.8) is 0 Å². The summed E-state index contributed by atoms with van der Waals surface area (Å²) in [6, 6.07) is 4.50. The lowest BCUT2D eigenvalue weighted by atomic mass is 10.0. The molecule has 2 aliphatic heterocycles. The molecule has 0 spiro atoms. The molecule has 1 aromatic carbocycles. The van der Waals surface area contributed by atoms with E-state index in [4.69, 9.17) is 4.74 Å². The van der Waals surface area contributed by atoms with Crippen molar-refractivity contribution in [2.24, 2.45) is 10.2 Å². The third-order valence-electron chi connectivity index (χ3n) is 3.56. The van der Waals surface area contributed by atoms with Crippen molar-refractivity contribution in [1.82, 2.24) is 4.31 Å². The number of hydrogen-bond acceptors (Lipinski definition) is 5. The van der Waals surface area contributed by atoms with Gasteiger partial charge in [0.05, 0.1) is 18.1 Å². The molecule has 22 heavy (non-hydrogen) atoms. The molecule has 1 saturated heterocycles. The van der Waals surface area contributed by atoms with Gasteiger partial charge in [-0.3, -0.25) is 0 Å². The maximum Gasteiger partial charge on any atom is 0.442 e. The zero-order valence-electron chi connectivity index (χ0n) is 11.2. The van der Waals surface area contributed by atoms with E-state index in [2.05, 4.69) is 10.2 Å². The average Bonchev–Trinajstić information content (AvgIpc) is 3.30. The summed E-state index contributed by atoms with van der Waals surface area (Å²) in [5.74, 6) is 0. The first-order valence-electron chi connectivity index (χ1n) is 6.47. The Kier molecular flexibility index (Phi) is 3.49. The maximum absolute atomic E-state index is 12.9. The maximum atomic E-state index is 12.9. The smallest absolute Gasteiger partial charge is 0.379 e. The molecule has 10 heteroatoms. The monoisotopic (exact) mass is 335 g/mol. The topological polar surface area (TPSA) is 71.3 Å². The SMILES string of the molecule is O=S(=O)(c1ccc(C2(C(F)(F)F)N=N2)cc1)N1CCOCC1. The van der Waals surface area contributed by atoms with Gasteiger partial charge in [0.15, 0.2) is 0 Å². The number of morpholine rings is 1. The fraction of sp³-hybridized carbons (Fsp3) is 0.500. The van der Waals surface area contributed by atoms with E-state index in [1.54, 1.807) is 0 Å². The Labute approximate surface area is 124 Å². The van der Waals surface area contributed by atoms with Crippen molar-refractivity contribution < 1.29 is 26.3 Å². The Morgan fingerprint density at radius 2 is 1.64 bits per heavy atom. The number of benzene rings is 1. The Hall–Kier alpha value is -1.52. The Bertz CT molecular complexity index is 689. The van der Waals surface area contributed by atoms with Crippen LogP contribution in [0.2, 0.25) is 0 Å². The highest BCUT2D eigenvalue weighted by Gasteiger charge is 2.65. The summed E-state index contributed by atoms with van der Waals surface area (Å²) in [5.41, 5.74) is -2.73. The molecule has 0 atom stereocenters. The predicted octanol–water partition coefficient (Wildman–Crippen LogP) is 1.89. The van der Waals surface area contributed by atoms with Gasteiger partial charge in [-0.15, -0.1) is 10.2 Å². The van der Waals surface area contributed by atoms with Gasteiger partial charge in [-0.2, -0.15) is 17.5 Å². The summed E-state index contributed by atoms with van der Waals surface area (Å²) >= 11 is 0. The summed E-state index contributed by atoms with van der Waals surface area (Å²) in [6.07, 6.45) is -4.63. The molecule has 0 radical (unpaired) electrons. The van der Waals surface area contributed by atoms with Gasteiger partial charge in [-0.25, -0.2) is 8.42 Å². The Balaban J connectivity index is 1.86. The van der Waals surface area contributed by atoms with Crippen LogP contribution in [-0.2, 0) is 20.4 Å². The fourth-order valence-electron chi connectivity index (χ4n) is 2.24. The van der Waals surface area contributed by atoms with Crippen molar-refractivity contribution in [2.45, 2.75) is 16.7 Å². The highest BCUT2D eigenvalue weighted by molar-refractivity contribution is 7.89. The number of sulfonamides is 1. The number of hydrogen-bond donors (Lipinski definition) is 0. The lowest BCUT2D eigenvalue weighted by molar-refractivity contribution is -0.166. The number of alkyl halides is 3. The molecule has 0 aliphatic carbocycles. The molecule has 0 N–H and O–H groups in total. The van der Waals surface area contributed by atoms with Crippen LogP contribution in [0.15, 0.2) is 39.4 Å². The summed E-state index contributed by atoms with van der Waals surface area (Å²) in [5, 5.41) is 6.16. The van der Waals surface area contributed by atoms with Gasteiger partial charge in [0.25, 0.3) is 0 Å². The molecule has 0 saturated carbocycles. The molecule has 0 unspecified atom stereocenters. The standard InChI is InChI=1S/C12H12F3N3O3S/c13-12(14,15)11(16-17-11)9-1-3-10(4-2-9)22(19,20)18-5-7-21-8-6-18/h1-4H,5-8H2. The summed E-state index contributed by atoms with van der Waals surface area (Å²) < 4.78 is 69.7. The van der Waals surface area contributed by atoms with E-state index >= 15 is 0 Å². The average molecular weight is 335 g/mol. The molecular weight excluding hydrogens is 323 g/mol. The summed E-state index contributed by atoms with van der Waals surface area (Å²) in [7, 11) is -3.73. The van der Waals surface area contributed by atoms with Crippen LogP contribution in [0, 0.1) is 0 Å². The first-order valence-corrected chi connectivity index (χ1v) is 7.91. The van der Waals surface area contributed by atoms with E-state index < -0.39 is 21.9 Å². The van der Waals surface area contributed by atoms with E-state index in [-0.39, 0.29) is 23.5 Å². The molecule has 2 aliphatic rings. The van der Waals surface area contributed by atoms with E-state index in [9.17, 15) is 21.6 Å². The Morgan fingerprint density at radius 3 is 2.09 bits per heavy atom. The van der Waals surface area contributed by atoms with Crippen molar-refractivity contribution in [3.05, 3.63) is 29.8 Å². The molecule has 6 nitrogen and oxygen atoms in total. The predicted molar refractivity (Wildman–Crippen MR) is 68.6 cm³/mol. The van der Waals surface area contributed by atoms with Crippen LogP contribution in [-0.4, -0.2) is 45.2 Å². The third kappa shape index (κ3) is 2.40. The number of rotatable bonds is 3. The second kappa shape index (κ2) is 5.00. The van der Waals surface area contributed by atoms with Crippen LogP contribution >= 0.6 is 0 Å². The molecule has 120 valence electrons. The van der Waals surface area contributed by atoms with Crippen molar-refractivity contribution in [2.75, 3.05) is 26.3 Å². The van der Waals surface area contributed by atoms with Crippen LogP contribution in [0.25, 0.3) is 0 Å². The first-order chi connectivity index (χ1) is 10.3. The van der Waals surface area contributed by atoms with E-state index in [0.717, 1.165) is 24.3 Å². The highest BCUT2D eigenvalue weighted by atomic mass is 32.2. The van der Waals surface area contributed by atoms with Gasteiger partial charge in [0, 0.05) is 18.7 Å². The number of ether oxygens (including phenoxy) is 1. The van der Waals surface area contributed by atoms with Crippen LogP contribution in [0.4, 0.5) is 13.2 Å². The molecule has 3 rings (SSSR count). The normalized spacial score (nSPS) is 21.8. The molecular formula is C12H12F3N3O3S. The minimum Gasteiger partial charge on any atom is -0.379 e. The van der Waals surface area contributed by atoms with Gasteiger partial charge >= 0.3 is 11.8 Å². The van der Waals surface area contributed by atoms with Crippen molar-refractivity contribution in [3.8, 4) is 0 Å². The number of nitrogens with zero attached hydrogens (tertiary/aromatic N) is 3. The zero-order chi connectivity index (χ0) is 16.0. The molecule has 0 aromatic heterocycles. The van der Waals surface area contributed by atoms with E-state index in [1.165, 1.54) is 4.31 Å². The molecule has 1 fully saturated rings. The van der Waals surface area contributed by atoms with Gasteiger partial charge in [-0.05, 0) is 12.1 Å². The van der Waals surface area contributed by atoms with Gasteiger partial charge in [0.1, 0.15) is 0 Å². The second-order valence-corrected chi connectivity index (χ2v) is 6.85. The van der Waals surface area contributed by atoms with Crippen LogP contribution in [0.1, 0.15) is 5.56 Å². The van der Waals surface area contributed by atoms with Gasteiger partial charge in [0.2, 0.25) is 10.0 Å². The van der Waals surface area contributed by atoms with Crippen LogP contribution < -0.4 is 0 Å². The zero-order valence-corrected chi connectivity index (χ0v) is 12.1. The first kappa shape index (κ1) is 15.4. The van der Waals surface area contributed by atoms with Crippen LogP contribution in [0.3, 0.4) is 0 Å². The van der Waals surface area contributed by atoms with Crippen LogP contribution in [0.5, 0.6) is 0 Å². The van der Waals surface area contributed by atoms with Gasteiger partial charge in [-0.1, -0.05) is 12.1 Å². The van der Waals surface area contributed by atoms with Crippen molar-refractivity contribution >= 4 is 10.0 Å². The summed E-state index contributed by atoms with van der Waals surface area (Å²) in [4.78, 5) is -0.0591. The minimum atomic E-state index is -4.63. The third-order valence-corrected chi connectivity index (χ3v) is 5.47. The summed E-state index contributed by atoms with van der Waals surface area (Å²) in [6.45, 7) is 1.04. The Morgan fingerprint density at radius 1 is 1.09 bits per heavy atom. The van der Waals surface area contributed by atoms with E-state index in [0.29, 0.717) is 13.2 Å². The van der Waals surface area contributed by atoms with E-state index in [1.807, 2.05) is 0 Å². The van der Waals surface area contributed by atoms with Crippen molar-refractivity contribution in [1.29, 1.82) is 0 Å². The second-order valence-electron chi connectivity index (χ2n) is 4.91. The lowest BCUT2D eigenvalue weighted by Gasteiger charge is -2.26. The number of halogens is 3.